The van der Waals surface area contributed by atoms with Crippen LogP contribution in [0.1, 0.15) is 40.0 Å². The molecule has 0 bridgehead atoms. The van der Waals surface area contributed by atoms with E-state index in [1.54, 1.807) is 5.30 Å². The van der Waals surface area contributed by atoms with E-state index in [0.717, 1.165) is 11.3 Å². The zero-order valence-corrected chi connectivity index (χ0v) is 23.7. The van der Waals surface area contributed by atoms with E-state index in [2.05, 4.69) is 62.2 Å². The molecule has 2 rings (SSSR count). The van der Waals surface area contributed by atoms with E-state index in [4.69, 9.17) is 0 Å². The van der Waals surface area contributed by atoms with Crippen LogP contribution in [-0.2, 0) is 20.1 Å². The minimum atomic E-state index is -1.04. The first kappa shape index (κ1) is 31.6. The third kappa shape index (κ3) is 8.50. The molecular weight excluding hydrogens is 717 g/mol. The average molecular weight is 745 g/mol. The van der Waals surface area contributed by atoms with Crippen molar-refractivity contribution < 1.29 is 71.0 Å². The van der Waals surface area contributed by atoms with Gasteiger partial charge in [-0.1, -0.05) is 32.9 Å². The van der Waals surface area contributed by atoms with Gasteiger partial charge in [0.2, 0.25) is 0 Å². The maximum Gasteiger partial charge on any atom is 0.0623 e. The number of rotatable bonds is 8. The molecule has 1 nitrogen and oxygen atoms in total. The van der Waals surface area contributed by atoms with Crippen molar-refractivity contribution in [3.8, 4) is 11.3 Å². The number of halogens is 3. The van der Waals surface area contributed by atoms with E-state index in [1.807, 2.05) is 12.3 Å². The monoisotopic (exact) mass is 743 g/mol. The van der Waals surface area contributed by atoms with Crippen LogP contribution in [0.5, 0.6) is 0 Å². The van der Waals surface area contributed by atoms with Gasteiger partial charge in [0.1, 0.15) is 0 Å². The van der Waals surface area contributed by atoms with Crippen molar-refractivity contribution in [3.63, 3.8) is 0 Å². The third-order valence-corrected chi connectivity index (χ3v) is 9.51. The topological polar surface area (TPSA) is 12.9 Å². The predicted molar refractivity (Wildman–Crippen MR) is 101 cm³/mol. The summed E-state index contributed by atoms with van der Waals surface area (Å²) in [5, 5.41) is 1.58. The van der Waals surface area contributed by atoms with Crippen LogP contribution in [-0.4, -0.2) is 23.5 Å². The first-order valence-corrected chi connectivity index (χ1v) is 10.9. The summed E-state index contributed by atoms with van der Waals surface area (Å²) in [5.74, 6) is 0. The van der Waals surface area contributed by atoms with Gasteiger partial charge in [0, 0.05) is 38.9 Å². The molecule has 0 fully saturated rings. The van der Waals surface area contributed by atoms with Crippen molar-refractivity contribution in [1.29, 1.82) is 0 Å². The van der Waals surface area contributed by atoms with E-state index >= 15 is 0 Å². The Labute approximate surface area is 205 Å². The van der Waals surface area contributed by atoms with Crippen molar-refractivity contribution in [1.82, 2.24) is 4.98 Å². The largest absolute Gasteiger partial charge is 1.00 e. The molecule has 1 heterocycles. The van der Waals surface area contributed by atoms with E-state index < -0.39 is 7.26 Å². The Balaban J connectivity index is -0.00000132. The molecule has 0 aliphatic rings. The number of benzene rings is 1. The molecule has 0 amide bonds. The van der Waals surface area contributed by atoms with Gasteiger partial charge in [-0.15, -0.1) is 29.8 Å². The molecule has 1 aromatic heterocycles. The summed E-state index contributed by atoms with van der Waals surface area (Å²) in [6.45, 7) is 6.98. The fourth-order valence-corrected chi connectivity index (χ4v) is 8.23. The summed E-state index contributed by atoms with van der Waals surface area (Å²) in [6.07, 6.45) is 9.84. The first-order chi connectivity index (χ1) is 10.8. The second-order valence-corrected chi connectivity index (χ2v) is 10.1. The first-order valence-electron chi connectivity index (χ1n) is 8.55. The molecule has 1 aromatic carbocycles. The molecule has 6 heteroatoms. The van der Waals surface area contributed by atoms with Gasteiger partial charge in [0.25, 0.3) is 0 Å². The Morgan fingerprint density at radius 2 is 1.46 bits per heavy atom. The molecule has 0 saturated carbocycles. The fraction of sp³-hybridized carbons (Fsp3) is 0.450. The Kier molecular flexibility index (Phi) is 20.4. The number of hydrogen-bond donors (Lipinski definition) is 0. The molecule has 0 N–H and O–H groups in total. The number of pyridine rings is 1. The van der Waals surface area contributed by atoms with E-state index in [1.165, 1.54) is 37.7 Å². The smallest absolute Gasteiger partial charge is 0.0623 e. The third-order valence-electron chi connectivity index (χ3n) is 4.23. The van der Waals surface area contributed by atoms with Gasteiger partial charge in [-0.3, -0.25) is 0 Å². The van der Waals surface area contributed by atoms with Crippen LogP contribution in [0.3, 0.4) is 0 Å². The average Bonchev–Trinajstić information content (AvgIpc) is 2.56. The molecule has 1 radical (unpaired) electrons. The van der Waals surface area contributed by atoms with Crippen molar-refractivity contribution in [2.45, 2.75) is 40.0 Å². The van der Waals surface area contributed by atoms with E-state index in [-0.39, 0.29) is 71.0 Å². The molecule has 151 valence electrons. The normalized spacial score (nSPS) is 9.81. The van der Waals surface area contributed by atoms with Crippen LogP contribution in [0.2, 0.25) is 0 Å². The maximum absolute atomic E-state index is 4.49. The van der Waals surface area contributed by atoms with Crippen molar-refractivity contribution in [3.05, 3.63) is 48.7 Å². The van der Waals surface area contributed by atoms with Gasteiger partial charge in [-0.2, -0.15) is 0 Å². The molecular formula is C20H28Br3IrNP-3. The molecule has 0 aliphatic carbocycles. The molecule has 26 heavy (non-hydrogen) atoms. The molecule has 2 aromatic rings. The fourth-order valence-electron chi connectivity index (χ4n) is 3.43. The van der Waals surface area contributed by atoms with Crippen LogP contribution in [0, 0.1) is 6.07 Å². The molecule has 0 saturated heterocycles. The van der Waals surface area contributed by atoms with Gasteiger partial charge in [-0.05, 0) is 31.0 Å². The van der Waals surface area contributed by atoms with Crippen LogP contribution in [0.4, 0.5) is 0 Å². The Morgan fingerprint density at radius 1 is 0.885 bits per heavy atom. The van der Waals surface area contributed by atoms with Crippen LogP contribution >= 0.6 is 7.26 Å². The number of nitrogens with zero attached hydrogens (tertiary/aromatic N) is 1. The standard InChI is InChI=1S/C20H28NP.3BrH.Ir/c1-4-14-22(15-5-2,16-6-3)19-11-9-10-18(17-19)20-12-7-8-13-21-20;;;;/h7-9,11-13,17H,4-6,14-16H2,1-3H3;3*1H;/p-3. The number of hydrogen-bond acceptors (Lipinski definition) is 1. The molecule has 0 aliphatic heterocycles. The summed E-state index contributed by atoms with van der Waals surface area (Å²) in [7, 11) is -1.04. The Hall–Kier alpha value is 0.889. The van der Waals surface area contributed by atoms with Gasteiger partial charge in [-0.25, -0.2) is 0 Å². The number of aromatic nitrogens is 1. The van der Waals surface area contributed by atoms with E-state index in [0.29, 0.717) is 0 Å². The van der Waals surface area contributed by atoms with Gasteiger partial charge in [0.05, 0.1) is 18.5 Å². The van der Waals surface area contributed by atoms with Gasteiger partial charge >= 0.3 is 0 Å². The van der Waals surface area contributed by atoms with Crippen LogP contribution < -0.4 is 56.2 Å². The summed E-state index contributed by atoms with van der Waals surface area (Å²) in [4.78, 5) is 4.49. The van der Waals surface area contributed by atoms with Crippen molar-refractivity contribution in [2.75, 3.05) is 18.5 Å². The van der Waals surface area contributed by atoms with Gasteiger partial charge < -0.3 is 55.9 Å². The second kappa shape index (κ2) is 16.8. The van der Waals surface area contributed by atoms with Crippen molar-refractivity contribution in [2.24, 2.45) is 0 Å². The zero-order valence-electron chi connectivity index (χ0n) is 15.6. The minimum Gasteiger partial charge on any atom is -1.00 e. The molecule has 0 atom stereocenters. The van der Waals surface area contributed by atoms with Crippen LogP contribution in [0.25, 0.3) is 11.3 Å². The van der Waals surface area contributed by atoms with Crippen LogP contribution in [0.15, 0.2) is 42.6 Å². The van der Waals surface area contributed by atoms with Gasteiger partial charge in [0.15, 0.2) is 0 Å². The summed E-state index contributed by atoms with van der Waals surface area (Å²) >= 11 is 0. The van der Waals surface area contributed by atoms with Crippen molar-refractivity contribution >= 4 is 12.6 Å². The molecule has 0 spiro atoms. The minimum absolute atomic E-state index is 0. The SMILES string of the molecule is CCC[P+](CCC)(CCC)c1cc[c-]c(-c2ccccn2)c1.[Br-].[Br-].[Br-].[Ir]. The summed E-state index contributed by atoms with van der Waals surface area (Å²) < 4.78 is 0. The van der Waals surface area contributed by atoms with E-state index in [9.17, 15) is 0 Å². The molecule has 0 unspecified atom stereocenters. The Bertz CT molecular complexity index is 567. The summed E-state index contributed by atoms with van der Waals surface area (Å²) in [5.41, 5.74) is 2.18. The predicted octanol–water partition coefficient (Wildman–Crippen LogP) is -3.57. The summed E-state index contributed by atoms with van der Waals surface area (Å²) in [6, 6.07) is 16.3. The zero-order chi connectivity index (χ0) is 15.8. The quantitative estimate of drug-likeness (QED) is 0.202. The maximum atomic E-state index is 4.49. The second-order valence-electron chi connectivity index (χ2n) is 5.99. The Morgan fingerprint density at radius 3 is 1.92 bits per heavy atom.